The van der Waals surface area contributed by atoms with Gasteiger partial charge in [0.1, 0.15) is 5.75 Å². The first-order valence-electron chi connectivity index (χ1n) is 12.0. The van der Waals surface area contributed by atoms with E-state index >= 15 is 0 Å². The first-order valence-corrected chi connectivity index (χ1v) is 12.0. The topological polar surface area (TPSA) is 61.5 Å². The third-order valence-corrected chi connectivity index (χ3v) is 8.70. The number of aromatic hydroxyl groups is 1. The van der Waals surface area contributed by atoms with Gasteiger partial charge in [-0.3, -0.25) is 9.58 Å². The molecule has 166 valence electrons. The summed E-state index contributed by atoms with van der Waals surface area (Å²) in [7, 11) is 0. The van der Waals surface area contributed by atoms with Crippen LogP contribution in [0.1, 0.15) is 68.1 Å². The molecule has 3 aliphatic carbocycles. The summed E-state index contributed by atoms with van der Waals surface area (Å²) >= 11 is 0. The lowest BCUT2D eigenvalue weighted by Gasteiger charge is -2.63. The summed E-state index contributed by atoms with van der Waals surface area (Å²) < 4.78 is 2.20. The van der Waals surface area contributed by atoms with Crippen LogP contribution in [0.25, 0.3) is 0 Å². The predicted octanol–water partition coefficient (Wildman–Crippen LogP) is 3.46. The Bertz CT molecular complexity index is 1060. The standard InChI is InChI=1S/C26H35N3O2/c1-16-20-13-26(31)23-11-18-7-8-19(30)12-21(18)25(26,9-10-28(23)15-17-5-6-17)14-22(20)29(27-16)24(2,3)4/h7-8,12,17,23,30-31H,5-6,9-11,13-15H2,1-4H3/t23-,25-,26-/m1/s1. The van der Waals surface area contributed by atoms with Crippen LogP contribution < -0.4 is 0 Å². The minimum absolute atomic E-state index is 0.104. The molecule has 2 fully saturated rings. The smallest absolute Gasteiger partial charge is 0.115 e. The maximum absolute atomic E-state index is 12.6. The van der Waals surface area contributed by atoms with Crippen molar-refractivity contribution in [3.63, 3.8) is 0 Å². The summed E-state index contributed by atoms with van der Waals surface area (Å²) in [4.78, 5) is 2.60. The Morgan fingerprint density at radius 3 is 2.68 bits per heavy atom. The van der Waals surface area contributed by atoms with Gasteiger partial charge in [0, 0.05) is 36.5 Å². The van der Waals surface area contributed by atoms with Gasteiger partial charge in [-0.25, -0.2) is 0 Å². The molecule has 5 heteroatoms. The molecule has 2 N–H and O–H groups in total. The molecule has 0 unspecified atom stereocenters. The van der Waals surface area contributed by atoms with Crippen LogP contribution in [0.4, 0.5) is 0 Å². The van der Waals surface area contributed by atoms with E-state index in [1.165, 1.54) is 35.2 Å². The van der Waals surface area contributed by atoms with Crippen molar-refractivity contribution >= 4 is 0 Å². The number of piperidine rings is 1. The number of hydrogen-bond donors (Lipinski definition) is 2. The molecule has 2 heterocycles. The molecule has 1 saturated heterocycles. The van der Waals surface area contributed by atoms with Gasteiger partial charge < -0.3 is 10.2 Å². The first-order chi connectivity index (χ1) is 14.6. The third kappa shape index (κ3) is 2.65. The third-order valence-electron chi connectivity index (χ3n) is 8.70. The zero-order chi connectivity index (χ0) is 21.8. The van der Waals surface area contributed by atoms with E-state index in [0.29, 0.717) is 12.2 Å². The molecular formula is C26H35N3O2. The van der Waals surface area contributed by atoms with Crippen molar-refractivity contribution in [2.45, 2.75) is 88.8 Å². The van der Waals surface area contributed by atoms with E-state index < -0.39 is 5.60 Å². The maximum atomic E-state index is 12.6. The Hall–Kier alpha value is -1.85. The Kier molecular flexibility index (Phi) is 3.92. The van der Waals surface area contributed by atoms with Crippen LogP contribution in [0, 0.1) is 12.8 Å². The molecule has 1 saturated carbocycles. The van der Waals surface area contributed by atoms with Gasteiger partial charge >= 0.3 is 0 Å². The second-order valence-electron chi connectivity index (χ2n) is 11.7. The largest absolute Gasteiger partial charge is 0.508 e. The number of hydrogen-bond acceptors (Lipinski definition) is 4. The number of aromatic nitrogens is 2. The molecular weight excluding hydrogens is 386 g/mol. The summed E-state index contributed by atoms with van der Waals surface area (Å²) in [6.07, 6.45) is 5.91. The molecule has 2 aromatic rings. The quantitative estimate of drug-likeness (QED) is 0.780. The number of aryl methyl sites for hydroxylation is 1. The van der Waals surface area contributed by atoms with Crippen LogP contribution in [0.2, 0.25) is 0 Å². The SMILES string of the molecule is Cc1nn(C(C)(C)C)c2c1C[C@@]1(O)[C@H]3Cc4ccc(O)cc4[C@@]1(CCN3CC1CC1)C2. The highest BCUT2D eigenvalue weighted by molar-refractivity contribution is 5.52. The van der Waals surface area contributed by atoms with Crippen molar-refractivity contribution in [2.24, 2.45) is 5.92 Å². The molecule has 2 bridgehead atoms. The molecule has 1 aliphatic heterocycles. The molecule has 4 aliphatic rings. The second-order valence-corrected chi connectivity index (χ2v) is 11.7. The number of likely N-dealkylation sites (tertiary alicyclic amines) is 1. The monoisotopic (exact) mass is 421 g/mol. The Morgan fingerprint density at radius 2 is 1.97 bits per heavy atom. The second kappa shape index (κ2) is 6.14. The normalized spacial score (nSPS) is 32.4. The fourth-order valence-electron chi connectivity index (χ4n) is 6.99. The van der Waals surface area contributed by atoms with Gasteiger partial charge in [-0.05, 0) is 94.7 Å². The van der Waals surface area contributed by atoms with Crippen molar-refractivity contribution in [2.75, 3.05) is 13.1 Å². The Labute approximate surface area is 185 Å². The molecule has 3 atom stereocenters. The number of rotatable bonds is 2. The minimum atomic E-state index is -0.829. The van der Waals surface area contributed by atoms with Crippen molar-refractivity contribution in [1.29, 1.82) is 0 Å². The van der Waals surface area contributed by atoms with Gasteiger partial charge in [0.05, 0.1) is 16.8 Å². The van der Waals surface area contributed by atoms with Crippen LogP contribution in [-0.4, -0.2) is 49.6 Å². The lowest BCUT2D eigenvalue weighted by molar-refractivity contribution is -0.152. The predicted molar refractivity (Wildman–Crippen MR) is 121 cm³/mol. The lowest BCUT2D eigenvalue weighted by Crippen LogP contribution is -2.74. The van der Waals surface area contributed by atoms with Crippen LogP contribution in [0.3, 0.4) is 0 Å². The number of aliphatic hydroxyl groups is 1. The van der Waals surface area contributed by atoms with Gasteiger partial charge in [-0.2, -0.15) is 5.10 Å². The highest BCUT2D eigenvalue weighted by Crippen LogP contribution is 2.58. The Balaban J connectivity index is 1.56. The first kappa shape index (κ1) is 19.8. The van der Waals surface area contributed by atoms with Gasteiger partial charge in [-0.1, -0.05) is 6.07 Å². The van der Waals surface area contributed by atoms with Crippen molar-refractivity contribution in [3.8, 4) is 5.75 Å². The zero-order valence-electron chi connectivity index (χ0n) is 19.3. The van der Waals surface area contributed by atoms with Crippen LogP contribution in [0.15, 0.2) is 18.2 Å². The molecule has 31 heavy (non-hydrogen) atoms. The molecule has 0 amide bonds. The van der Waals surface area contributed by atoms with E-state index in [9.17, 15) is 10.2 Å². The van der Waals surface area contributed by atoms with Gasteiger partial charge in [0.2, 0.25) is 0 Å². The van der Waals surface area contributed by atoms with Crippen molar-refractivity contribution < 1.29 is 10.2 Å². The molecule has 1 aromatic heterocycles. The average molecular weight is 422 g/mol. The Morgan fingerprint density at radius 1 is 1.19 bits per heavy atom. The summed E-state index contributed by atoms with van der Waals surface area (Å²) in [6, 6.07) is 5.99. The van der Waals surface area contributed by atoms with Crippen LogP contribution in [0.5, 0.6) is 5.75 Å². The number of benzene rings is 1. The van der Waals surface area contributed by atoms with E-state index in [0.717, 1.165) is 44.0 Å². The highest BCUT2D eigenvalue weighted by atomic mass is 16.3. The van der Waals surface area contributed by atoms with Crippen molar-refractivity contribution in [1.82, 2.24) is 14.7 Å². The van der Waals surface area contributed by atoms with E-state index in [4.69, 9.17) is 5.10 Å². The number of phenols is 1. The summed E-state index contributed by atoms with van der Waals surface area (Å²) in [5.74, 6) is 1.11. The van der Waals surface area contributed by atoms with Crippen LogP contribution >= 0.6 is 0 Å². The molecule has 6 rings (SSSR count). The van der Waals surface area contributed by atoms with E-state index in [1.54, 1.807) is 0 Å². The molecule has 0 spiro atoms. The molecule has 1 aromatic carbocycles. The number of phenolic OH excluding ortho intramolecular Hbond substituents is 1. The lowest BCUT2D eigenvalue weighted by atomic mass is 9.49. The summed E-state index contributed by atoms with van der Waals surface area (Å²) in [6.45, 7) is 10.9. The molecule has 5 nitrogen and oxygen atoms in total. The van der Waals surface area contributed by atoms with Crippen LogP contribution in [-0.2, 0) is 30.2 Å². The van der Waals surface area contributed by atoms with Gasteiger partial charge in [0.15, 0.2) is 0 Å². The van der Waals surface area contributed by atoms with Gasteiger partial charge in [0.25, 0.3) is 0 Å². The van der Waals surface area contributed by atoms with E-state index in [-0.39, 0.29) is 17.0 Å². The van der Waals surface area contributed by atoms with E-state index in [1.807, 2.05) is 12.1 Å². The fraction of sp³-hybridized carbons (Fsp3) is 0.654. The molecule has 0 radical (unpaired) electrons. The summed E-state index contributed by atoms with van der Waals surface area (Å²) in [5.41, 5.74) is 4.75. The van der Waals surface area contributed by atoms with Crippen molar-refractivity contribution in [3.05, 3.63) is 46.3 Å². The highest BCUT2D eigenvalue weighted by Gasteiger charge is 2.65. The minimum Gasteiger partial charge on any atom is -0.508 e. The number of nitrogens with zero attached hydrogens (tertiary/aromatic N) is 3. The van der Waals surface area contributed by atoms with E-state index in [2.05, 4.69) is 43.3 Å². The summed E-state index contributed by atoms with van der Waals surface area (Å²) in [5, 5.41) is 28.0. The maximum Gasteiger partial charge on any atom is 0.115 e. The zero-order valence-corrected chi connectivity index (χ0v) is 19.3. The average Bonchev–Trinajstić information content (AvgIpc) is 3.45. The number of fused-ring (bicyclic) bond motifs is 2. The van der Waals surface area contributed by atoms with Gasteiger partial charge in [-0.15, -0.1) is 0 Å². The fourth-order valence-corrected chi connectivity index (χ4v) is 6.99.